The fourth-order valence-electron chi connectivity index (χ4n) is 2.86. The van der Waals surface area contributed by atoms with Crippen molar-refractivity contribution in [2.45, 2.75) is 13.3 Å². The largest absolute Gasteiger partial charge is 0.457 e. The van der Waals surface area contributed by atoms with Gasteiger partial charge in [-0.2, -0.15) is 0 Å². The van der Waals surface area contributed by atoms with E-state index in [2.05, 4.69) is 16.4 Å². The van der Waals surface area contributed by atoms with Crippen molar-refractivity contribution in [2.24, 2.45) is 0 Å². The van der Waals surface area contributed by atoms with Crippen molar-refractivity contribution < 1.29 is 9.53 Å². The van der Waals surface area contributed by atoms with Crippen LogP contribution >= 0.6 is 22.9 Å². The number of carbonyl (C=O) groups excluding carboxylic acids is 1. The zero-order chi connectivity index (χ0) is 20.9. The third kappa shape index (κ3) is 5.06. The lowest BCUT2D eigenvalue weighted by molar-refractivity contribution is 0.102. The van der Waals surface area contributed by atoms with Crippen molar-refractivity contribution in [3.05, 3.63) is 106 Å². The van der Waals surface area contributed by atoms with Crippen LogP contribution in [-0.4, -0.2) is 10.9 Å². The summed E-state index contributed by atoms with van der Waals surface area (Å²) in [4.78, 5) is 17.9. The summed E-state index contributed by atoms with van der Waals surface area (Å²) >= 11 is 7.66. The van der Waals surface area contributed by atoms with Gasteiger partial charge >= 0.3 is 0 Å². The molecule has 1 N–H and O–H groups in total. The molecule has 0 fully saturated rings. The molecule has 0 radical (unpaired) electrons. The Kier molecular flexibility index (Phi) is 6.12. The van der Waals surface area contributed by atoms with Crippen LogP contribution in [-0.2, 0) is 6.42 Å². The molecule has 0 unspecified atom stereocenters. The second-order valence-corrected chi connectivity index (χ2v) is 8.31. The topological polar surface area (TPSA) is 51.2 Å². The van der Waals surface area contributed by atoms with E-state index < -0.39 is 0 Å². The Morgan fingerprint density at radius 2 is 1.77 bits per heavy atom. The Balaban J connectivity index is 1.37. The van der Waals surface area contributed by atoms with Gasteiger partial charge in [0.05, 0.1) is 0 Å². The number of para-hydroxylation sites is 1. The summed E-state index contributed by atoms with van der Waals surface area (Å²) in [6, 6.07) is 22.6. The van der Waals surface area contributed by atoms with E-state index in [1.165, 1.54) is 11.3 Å². The minimum atomic E-state index is -0.208. The predicted molar refractivity (Wildman–Crippen MR) is 122 cm³/mol. The van der Waals surface area contributed by atoms with Gasteiger partial charge in [0, 0.05) is 28.1 Å². The van der Waals surface area contributed by atoms with Crippen molar-refractivity contribution >= 4 is 34.0 Å². The van der Waals surface area contributed by atoms with Crippen molar-refractivity contribution in [1.29, 1.82) is 0 Å². The molecule has 30 heavy (non-hydrogen) atoms. The first kappa shape index (κ1) is 20.1. The molecule has 1 aromatic heterocycles. The molecule has 150 valence electrons. The van der Waals surface area contributed by atoms with Gasteiger partial charge in [0.1, 0.15) is 11.5 Å². The third-order valence-corrected chi connectivity index (χ3v) is 5.80. The van der Waals surface area contributed by atoms with Crippen LogP contribution in [0.15, 0.2) is 79.0 Å². The Labute approximate surface area is 184 Å². The summed E-state index contributed by atoms with van der Waals surface area (Å²) in [6.45, 7) is 1.98. The van der Waals surface area contributed by atoms with E-state index in [1.54, 1.807) is 30.5 Å². The monoisotopic (exact) mass is 434 g/mol. The molecule has 0 aliphatic carbocycles. The molecule has 0 aliphatic heterocycles. The van der Waals surface area contributed by atoms with Gasteiger partial charge in [0.15, 0.2) is 5.13 Å². The lowest BCUT2D eigenvalue weighted by Gasteiger charge is -2.06. The smallest absolute Gasteiger partial charge is 0.257 e. The summed E-state index contributed by atoms with van der Waals surface area (Å²) in [6.07, 6.45) is 2.50. The summed E-state index contributed by atoms with van der Waals surface area (Å²) in [5.74, 6) is 1.21. The van der Waals surface area contributed by atoms with Crippen LogP contribution < -0.4 is 10.1 Å². The quantitative estimate of drug-likeness (QED) is 0.365. The number of aryl methyl sites for hydroxylation is 1. The van der Waals surface area contributed by atoms with Crippen molar-refractivity contribution in [2.75, 3.05) is 5.32 Å². The van der Waals surface area contributed by atoms with Crippen LogP contribution in [0.25, 0.3) is 0 Å². The molecule has 1 amide bonds. The van der Waals surface area contributed by atoms with Crippen LogP contribution in [0.1, 0.15) is 26.4 Å². The van der Waals surface area contributed by atoms with Crippen LogP contribution in [0.2, 0.25) is 5.02 Å². The Bertz CT molecular complexity index is 1160. The van der Waals surface area contributed by atoms with Crippen LogP contribution in [0.5, 0.6) is 11.5 Å². The van der Waals surface area contributed by atoms with E-state index in [-0.39, 0.29) is 5.91 Å². The molecule has 4 aromatic rings. The molecule has 1 heterocycles. The number of hydrogen-bond acceptors (Lipinski definition) is 4. The number of benzene rings is 3. The SMILES string of the molecule is Cc1ccc(Cc2cnc(NC(=O)c3ccc(Oc4ccccc4)cc3)s2)cc1Cl. The molecule has 6 heteroatoms. The van der Waals surface area contributed by atoms with Gasteiger partial charge in [0.2, 0.25) is 0 Å². The highest BCUT2D eigenvalue weighted by molar-refractivity contribution is 7.15. The van der Waals surface area contributed by atoms with E-state index in [9.17, 15) is 4.79 Å². The zero-order valence-electron chi connectivity index (χ0n) is 16.3. The van der Waals surface area contributed by atoms with Crippen LogP contribution in [0.4, 0.5) is 5.13 Å². The number of hydrogen-bond donors (Lipinski definition) is 1. The first-order chi connectivity index (χ1) is 14.6. The number of amides is 1. The number of aromatic nitrogens is 1. The standard InChI is InChI=1S/C24H19ClN2O2S/c1-16-7-8-17(14-22(16)25)13-21-15-26-24(30-21)27-23(28)18-9-11-20(12-10-18)29-19-5-3-2-4-6-19/h2-12,14-15H,13H2,1H3,(H,26,27,28). The van der Waals surface area contributed by atoms with Gasteiger partial charge in [-0.3, -0.25) is 10.1 Å². The number of anilines is 1. The van der Waals surface area contributed by atoms with E-state index in [0.717, 1.165) is 33.2 Å². The molecule has 3 aromatic carbocycles. The maximum absolute atomic E-state index is 12.5. The van der Waals surface area contributed by atoms with E-state index in [4.69, 9.17) is 16.3 Å². The fraction of sp³-hybridized carbons (Fsp3) is 0.0833. The molecular formula is C24H19ClN2O2S. The van der Waals surface area contributed by atoms with E-state index in [0.29, 0.717) is 16.4 Å². The maximum Gasteiger partial charge on any atom is 0.257 e. The van der Waals surface area contributed by atoms with Crippen LogP contribution in [0, 0.1) is 6.92 Å². The van der Waals surface area contributed by atoms with Gasteiger partial charge in [-0.1, -0.05) is 41.9 Å². The van der Waals surface area contributed by atoms with Crippen molar-refractivity contribution in [3.63, 3.8) is 0 Å². The third-order valence-electron chi connectivity index (χ3n) is 4.48. The molecule has 0 bridgehead atoms. The second-order valence-electron chi connectivity index (χ2n) is 6.79. The number of halogens is 1. The summed E-state index contributed by atoms with van der Waals surface area (Å²) in [5, 5.41) is 4.18. The molecule has 0 saturated carbocycles. The Morgan fingerprint density at radius 1 is 1.03 bits per heavy atom. The predicted octanol–water partition coefficient (Wildman–Crippen LogP) is 6.74. The summed E-state index contributed by atoms with van der Waals surface area (Å²) < 4.78 is 5.76. The molecular weight excluding hydrogens is 416 g/mol. The highest BCUT2D eigenvalue weighted by Crippen LogP contribution is 2.25. The second kappa shape index (κ2) is 9.11. The first-order valence-electron chi connectivity index (χ1n) is 9.41. The van der Waals surface area contributed by atoms with Crippen molar-refractivity contribution in [1.82, 2.24) is 4.98 Å². The van der Waals surface area contributed by atoms with Gasteiger partial charge in [-0.25, -0.2) is 4.98 Å². The number of carbonyl (C=O) groups is 1. The normalized spacial score (nSPS) is 10.6. The van der Waals surface area contributed by atoms with Gasteiger partial charge in [-0.05, 0) is 60.5 Å². The lowest BCUT2D eigenvalue weighted by atomic mass is 10.1. The number of rotatable bonds is 6. The number of ether oxygens (including phenoxy) is 1. The molecule has 0 saturated heterocycles. The highest BCUT2D eigenvalue weighted by atomic mass is 35.5. The van der Waals surface area contributed by atoms with Gasteiger partial charge in [0.25, 0.3) is 5.91 Å². The Morgan fingerprint density at radius 3 is 2.50 bits per heavy atom. The van der Waals surface area contributed by atoms with E-state index >= 15 is 0 Å². The fourth-order valence-corrected chi connectivity index (χ4v) is 3.91. The molecule has 0 spiro atoms. The molecule has 4 nitrogen and oxygen atoms in total. The Hall–Kier alpha value is -3.15. The summed E-state index contributed by atoms with van der Waals surface area (Å²) in [5.41, 5.74) is 2.71. The maximum atomic E-state index is 12.5. The lowest BCUT2D eigenvalue weighted by Crippen LogP contribution is -2.11. The zero-order valence-corrected chi connectivity index (χ0v) is 17.8. The number of nitrogens with zero attached hydrogens (tertiary/aromatic N) is 1. The van der Waals surface area contributed by atoms with Gasteiger partial charge < -0.3 is 4.74 Å². The highest BCUT2D eigenvalue weighted by Gasteiger charge is 2.10. The average Bonchev–Trinajstić information content (AvgIpc) is 3.18. The number of nitrogens with one attached hydrogen (secondary N) is 1. The van der Waals surface area contributed by atoms with Crippen LogP contribution in [0.3, 0.4) is 0 Å². The minimum Gasteiger partial charge on any atom is -0.457 e. The van der Waals surface area contributed by atoms with E-state index in [1.807, 2.05) is 49.4 Å². The van der Waals surface area contributed by atoms with Gasteiger partial charge in [-0.15, -0.1) is 11.3 Å². The molecule has 4 rings (SSSR count). The van der Waals surface area contributed by atoms with Crippen molar-refractivity contribution in [3.8, 4) is 11.5 Å². The molecule has 0 atom stereocenters. The average molecular weight is 435 g/mol. The molecule has 0 aliphatic rings. The minimum absolute atomic E-state index is 0.208. The summed E-state index contributed by atoms with van der Waals surface area (Å²) in [7, 11) is 0. The first-order valence-corrected chi connectivity index (χ1v) is 10.6. The number of thiazole rings is 1.